The highest BCUT2D eigenvalue weighted by molar-refractivity contribution is 6.29. The molecule has 0 aromatic carbocycles. The Kier molecular flexibility index (Phi) is 3.28. The van der Waals surface area contributed by atoms with E-state index >= 15 is 0 Å². The second kappa shape index (κ2) is 4.17. The van der Waals surface area contributed by atoms with E-state index < -0.39 is 17.1 Å². The van der Waals surface area contributed by atoms with Crippen molar-refractivity contribution in [1.29, 1.82) is 0 Å². The molecule has 0 aliphatic heterocycles. The van der Waals surface area contributed by atoms with Crippen molar-refractivity contribution in [3.05, 3.63) is 27.1 Å². The van der Waals surface area contributed by atoms with Gasteiger partial charge in [0.05, 0.1) is 5.69 Å². The smallest absolute Gasteiger partial charge is 0.346 e. The van der Waals surface area contributed by atoms with Gasteiger partial charge in [-0.2, -0.15) is 0 Å². The summed E-state index contributed by atoms with van der Waals surface area (Å²) in [5.74, 6) is -0.761. The van der Waals surface area contributed by atoms with Gasteiger partial charge in [-0.1, -0.05) is 11.6 Å². The zero-order chi connectivity index (χ0) is 12.5. The van der Waals surface area contributed by atoms with Crippen LogP contribution in [0.15, 0.2) is 10.9 Å². The summed E-state index contributed by atoms with van der Waals surface area (Å²) in [6, 6.07) is 1.29. The lowest BCUT2D eigenvalue weighted by molar-refractivity contribution is 0.00689. The lowest BCUT2D eigenvalue weighted by Crippen LogP contribution is -2.29. The van der Waals surface area contributed by atoms with Gasteiger partial charge < -0.3 is 15.5 Å². The van der Waals surface area contributed by atoms with Crippen LogP contribution in [0.1, 0.15) is 31.1 Å². The van der Waals surface area contributed by atoms with Crippen LogP contribution < -0.4 is 11.3 Å². The molecule has 1 heterocycles. The van der Waals surface area contributed by atoms with Gasteiger partial charge in [-0.3, -0.25) is 4.79 Å². The predicted molar refractivity (Wildman–Crippen MR) is 61.7 cm³/mol. The highest BCUT2D eigenvalue weighted by Crippen LogP contribution is 2.16. The Bertz CT molecular complexity index is 474. The molecule has 6 heteroatoms. The van der Waals surface area contributed by atoms with Crippen molar-refractivity contribution in [2.45, 2.75) is 26.4 Å². The molecular formula is C10H13ClN2O3. The van der Waals surface area contributed by atoms with Gasteiger partial charge in [-0.05, 0) is 26.8 Å². The third kappa shape index (κ3) is 3.00. The highest BCUT2D eigenvalue weighted by atomic mass is 35.5. The molecule has 0 spiro atoms. The Balaban J connectivity index is 3.15. The van der Waals surface area contributed by atoms with Crippen LogP contribution in [0, 0.1) is 0 Å². The normalized spacial score (nSPS) is 11.2. The van der Waals surface area contributed by atoms with E-state index in [1.54, 1.807) is 20.8 Å². The molecule has 0 unspecified atom stereocenters. The Hall–Kier alpha value is -1.49. The first kappa shape index (κ1) is 12.6. The van der Waals surface area contributed by atoms with E-state index in [1.165, 1.54) is 6.07 Å². The van der Waals surface area contributed by atoms with Crippen LogP contribution in [-0.4, -0.2) is 16.6 Å². The van der Waals surface area contributed by atoms with Gasteiger partial charge in [0.2, 0.25) is 0 Å². The number of carbonyl (C=O) groups excluding carboxylic acids is 1. The van der Waals surface area contributed by atoms with E-state index in [0.717, 1.165) is 0 Å². The molecule has 5 nitrogen and oxygen atoms in total. The maximum Gasteiger partial charge on any atom is 0.346 e. The number of halogens is 1. The minimum absolute atomic E-state index is 0.00278. The summed E-state index contributed by atoms with van der Waals surface area (Å²) in [7, 11) is 0. The number of esters is 1. The summed E-state index contributed by atoms with van der Waals surface area (Å²) in [6.45, 7) is 5.10. The van der Waals surface area contributed by atoms with Crippen molar-refractivity contribution in [2.24, 2.45) is 0 Å². The average molecular weight is 245 g/mol. The van der Waals surface area contributed by atoms with E-state index in [2.05, 4.69) is 4.98 Å². The van der Waals surface area contributed by atoms with Crippen LogP contribution in [0.5, 0.6) is 0 Å². The maximum atomic E-state index is 11.6. The van der Waals surface area contributed by atoms with Crippen molar-refractivity contribution in [1.82, 2.24) is 4.98 Å². The Morgan fingerprint density at radius 3 is 2.50 bits per heavy atom. The molecule has 1 rings (SSSR count). The van der Waals surface area contributed by atoms with Crippen molar-refractivity contribution in [3.63, 3.8) is 0 Å². The van der Waals surface area contributed by atoms with Crippen LogP contribution >= 0.6 is 11.6 Å². The van der Waals surface area contributed by atoms with Crippen LogP contribution in [0.4, 0.5) is 5.69 Å². The SMILES string of the molecule is CC(C)(C)OC(=O)c1c(N)cc(Cl)[nH]c1=O. The van der Waals surface area contributed by atoms with E-state index in [-0.39, 0.29) is 16.4 Å². The number of hydrogen-bond donors (Lipinski definition) is 2. The van der Waals surface area contributed by atoms with Crippen molar-refractivity contribution >= 4 is 23.3 Å². The lowest BCUT2D eigenvalue weighted by Gasteiger charge is -2.19. The molecular weight excluding hydrogens is 232 g/mol. The molecule has 1 aromatic rings. The molecule has 0 aliphatic rings. The predicted octanol–water partition coefficient (Wildman–Crippen LogP) is 1.57. The topological polar surface area (TPSA) is 85.2 Å². The summed E-state index contributed by atoms with van der Waals surface area (Å²) in [4.78, 5) is 25.4. The number of hydrogen-bond acceptors (Lipinski definition) is 4. The first-order chi connectivity index (χ1) is 7.20. The van der Waals surface area contributed by atoms with Crippen molar-refractivity contribution in [2.75, 3.05) is 5.73 Å². The first-order valence-corrected chi connectivity index (χ1v) is 5.00. The van der Waals surface area contributed by atoms with Crippen LogP contribution in [-0.2, 0) is 4.74 Å². The van der Waals surface area contributed by atoms with E-state index in [1.807, 2.05) is 0 Å². The minimum Gasteiger partial charge on any atom is -0.456 e. The molecule has 88 valence electrons. The maximum absolute atomic E-state index is 11.6. The fourth-order valence-corrected chi connectivity index (χ4v) is 1.29. The molecule has 0 aliphatic carbocycles. The van der Waals surface area contributed by atoms with Crippen molar-refractivity contribution < 1.29 is 9.53 Å². The van der Waals surface area contributed by atoms with Crippen LogP contribution in [0.3, 0.4) is 0 Å². The molecule has 0 atom stereocenters. The summed E-state index contributed by atoms with van der Waals surface area (Å²) in [5, 5.41) is 0.0785. The third-order valence-electron chi connectivity index (χ3n) is 1.63. The van der Waals surface area contributed by atoms with E-state index in [9.17, 15) is 9.59 Å². The molecule has 0 saturated carbocycles. The standard InChI is InChI=1S/C10H13ClN2O3/c1-10(2,3)16-9(15)7-5(12)4-6(11)13-8(7)14/h4H,1-3H3,(H3,12,13,14). The van der Waals surface area contributed by atoms with Gasteiger partial charge in [-0.15, -0.1) is 0 Å². The number of carbonyl (C=O) groups is 1. The molecule has 0 fully saturated rings. The molecule has 0 amide bonds. The Morgan fingerprint density at radius 2 is 2.06 bits per heavy atom. The first-order valence-electron chi connectivity index (χ1n) is 4.62. The zero-order valence-electron chi connectivity index (χ0n) is 9.26. The zero-order valence-corrected chi connectivity index (χ0v) is 10.0. The molecule has 3 N–H and O–H groups in total. The van der Waals surface area contributed by atoms with Gasteiger partial charge >= 0.3 is 5.97 Å². The summed E-state index contributed by atoms with van der Waals surface area (Å²) >= 11 is 5.57. The number of H-pyrrole nitrogens is 1. The molecule has 0 radical (unpaired) electrons. The average Bonchev–Trinajstić information content (AvgIpc) is 1.96. The fourth-order valence-electron chi connectivity index (χ4n) is 1.09. The summed E-state index contributed by atoms with van der Waals surface area (Å²) < 4.78 is 5.04. The van der Waals surface area contributed by atoms with Gasteiger partial charge in [0.25, 0.3) is 5.56 Å². The van der Waals surface area contributed by atoms with E-state index in [0.29, 0.717) is 0 Å². The minimum atomic E-state index is -0.761. The van der Waals surface area contributed by atoms with Crippen LogP contribution in [0.2, 0.25) is 5.15 Å². The van der Waals surface area contributed by atoms with E-state index in [4.69, 9.17) is 22.1 Å². The highest BCUT2D eigenvalue weighted by Gasteiger charge is 2.22. The lowest BCUT2D eigenvalue weighted by atomic mass is 10.2. The number of nitrogens with one attached hydrogen (secondary N) is 1. The van der Waals surface area contributed by atoms with Gasteiger partial charge in [0.1, 0.15) is 16.3 Å². The second-order valence-corrected chi connectivity index (χ2v) is 4.69. The molecule has 16 heavy (non-hydrogen) atoms. The number of ether oxygens (including phenoxy) is 1. The molecule has 1 aromatic heterocycles. The summed E-state index contributed by atoms with van der Waals surface area (Å²) in [6.07, 6.45) is 0. The fraction of sp³-hybridized carbons (Fsp3) is 0.400. The summed E-state index contributed by atoms with van der Waals surface area (Å²) in [5.41, 5.74) is 3.98. The molecule has 0 saturated heterocycles. The number of aromatic nitrogens is 1. The monoisotopic (exact) mass is 244 g/mol. The largest absolute Gasteiger partial charge is 0.456 e. The van der Waals surface area contributed by atoms with Gasteiger partial charge in [0, 0.05) is 0 Å². The van der Waals surface area contributed by atoms with Gasteiger partial charge in [-0.25, -0.2) is 4.79 Å². The second-order valence-electron chi connectivity index (χ2n) is 4.28. The third-order valence-corrected chi connectivity index (χ3v) is 1.84. The Morgan fingerprint density at radius 1 is 1.50 bits per heavy atom. The number of rotatable bonds is 1. The van der Waals surface area contributed by atoms with Gasteiger partial charge in [0.15, 0.2) is 0 Å². The number of aromatic amines is 1. The number of anilines is 1. The quantitative estimate of drug-likeness (QED) is 0.580. The number of pyridine rings is 1. The molecule has 0 bridgehead atoms. The van der Waals surface area contributed by atoms with Crippen molar-refractivity contribution in [3.8, 4) is 0 Å². The van der Waals surface area contributed by atoms with Crippen LogP contribution in [0.25, 0.3) is 0 Å². The number of nitrogens with two attached hydrogens (primary N) is 1. The Labute approximate surface area is 97.6 Å². The number of nitrogen functional groups attached to an aromatic ring is 1.